The second kappa shape index (κ2) is 6.99. The summed E-state index contributed by atoms with van der Waals surface area (Å²) in [6.45, 7) is 3.52. The van der Waals surface area contributed by atoms with Gasteiger partial charge in [-0.05, 0) is 43.7 Å². The molecule has 7 heteroatoms. The average Bonchev–Trinajstić information content (AvgIpc) is 3.34. The van der Waals surface area contributed by atoms with Crippen molar-refractivity contribution in [3.8, 4) is 6.07 Å². The van der Waals surface area contributed by atoms with Gasteiger partial charge in [0.1, 0.15) is 5.25 Å². The molecular formula is C20H18ClNO4S. The van der Waals surface area contributed by atoms with Crippen molar-refractivity contribution in [2.45, 2.75) is 29.9 Å². The molecule has 0 heterocycles. The predicted octanol–water partition coefficient (Wildman–Crippen LogP) is 3.66. The van der Waals surface area contributed by atoms with Crippen LogP contribution in [-0.2, 0) is 19.4 Å². The number of nitriles is 1. The summed E-state index contributed by atoms with van der Waals surface area (Å²) in [5.41, 5.74) is -0.351. The Morgan fingerprint density at radius 2 is 1.93 bits per heavy atom. The fraction of sp³-hybridized carbons (Fsp3) is 0.300. The molecule has 0 aliphatic heterocycles. The third kappa shape index (κ3) is 3.11. The normalized spacial score (nSPS) is 24.1. The maximum absolute atomic E-state index is 13.3. The van der Waals surface area contributed by atoms with Crippen LogP contribution >= 0.6 is 11.6 Å². The standard InChI is InChI=1S/C20H18ClNO4S/c1-3-26-19(23)20(12-22)17(14-5-4-6-15(21)11-14)18(20)27(24,25)16-9-7-13(2)8-10-16/h4-11,17-18H,3H2,1-2H3. The second-order valence-corrected chi connectivity index (χ2v) is 9.02. The molecule has 140 valence electrons. The topological polar surface area (TPSA) is 84.2 Å². The largest absolute Gasteiger partial charge is 0.465 e. The third-order valence-electron chi connectivity index (χ3n) is 4.82. The minimum absolute atomic E-state index is 0.0574. The lowest BCUT2D eigenvalue weighted by atomic mass is 10.0. The molecule has 0 bridgehead atoms. The molecule has 3 rings (SSSR count). The molecule has 1 aliphatic rings. The Bertz CT molecular complexity index is 1030. The predicted molar refractivity (Wildman–Crippen MR) is 101 cm³/mol. The molecule has 0 N–H and O–H groups in total. The van der Waals surface area contributed by atoms with Gasteiger partial charge in [0, 0.05) is 10.9 Å². The van der Waals surface area contributed by atoms with Crippen molar-refractivity contribution >= 4 is 27.4 Å². The fourth-order valence-corrected chi connectivity index (χ4v) is 5.91. The van der Waals surface area contributed by atoms with Crippen molar-refractivity contribution in [1.29, 1.82) is 5.26 Å². The summed E-state index contributed by atoms with van der Waals surface area (Å²) in [6.07, 6.45) is 0. The SMILES string of the molecule is CCOC(=O)C1(C#N)C(c2cccc(Cl)c2)C1S(=O)(=O)c1ccc(C)cc1. The summed E-state index contributed by atoms with van der Waals surface area (Å²) < 4.78 is 31.6. The monoisotopic (exact) mass is 403 g/mol. The van der Waals surface area contributed by atoms with E-state index in [4.69, 9.17) is 16.3 Å². The molecule has 0 radical (unpaired) electrons. The lowest BCUT2D eigenvalue weighted by Gasteiger charge is -2.09. The molecule has 3 unspecified atom stereocenters. The van der Waals surface area contributed by atoms with E-state index >= 15 is 0 Å². The molecule has 0 amide bonds. The van der Waals surface area contributed by atoms with E-state index in [1.165, 1.54) is 12.1 Å². The number of benzene rings is 2. The highest BCUT2D eigenvalue weighted by atomic mass is 35.5. The summed E-state index contributed by atoms with van der Waals surface area (Å²) in [5.74, 6) is -1.66. The maximum Gasteiger partial charge on any atom is 0.328 e. The number of carbonyl (C=O) groups excluding carboxylic acids is 1. The number of hydrogen-bond donors (Lipinski definition) is 0. The lowest BCUT2D eigenvalue weighted by molar-refractivity contribution is -0.147. The Hall–Kier alpha value is -2.36. The summed E-state index contributed by atoms with van der Waals surface area (Å²) >= 11 is 6.04. The number of esters is 1. The average molecular weight is 404 g/mol. The van der Waals surface area contributed by atoms with Crippen molar-refractivity contribution in [3.63, 3.8) is 0 Å². The van der Waals surface area contributed by atoms with Crippen molar-refractivity contribution in [3.05, 3.63) is 64.7 Å². The summed E-state index contributed by atoms with van der Waals surface area (Å²) in [5, 5.41) is 9.01. The molecule has 0 spiro atoms. The highest BCUT2D eigenvalue weighted by molar-refractivity contribution is 7.92. The van der Waals surface area contributed by atoms with Crippen LogP contribution in [0, 0.1) is 23.7 Å². The van der Waals surface area contributed by atoms with Crippen LogP contribution in [0.25, 0.3) is 0 Å². The molecule has 2 aromatic rings. The van der Waals surface area contributed by atoms with Crippen LogP contribution in [-0.4, -0.2) is 26.2 Å². The fourth-order valence-electron chi connectivity index (χ4n) is 3.46. The number of halogens is 1. The molecule has 27 heavy (non-hydrogen) atoms. The molecule has 1 saturated carbocycles. The van der Waals surface area contributed by atoms with Gasteiger partial charge in [-0.1, -0.05) is 41.4 Å². The zero-order valence-electron chi connectivity index (χ0n) is 14.8. The van der Waals surface area contributed by atoms with E-state index in [0.29, 0.717) is 10.6 Å². The lowest BCUT2D eigenvalue weighted by Crippen LogP contribution is -2.25. The molecule has 0 saturated heterocycles. The van der Waals surface area contributed by atoms with Crippen LogP contribution in [0.15, 0.2) is 53.4 Å². The quantitative estimate of drug-likeness (QED) is 0.711. The van der Waals surface area contributed by atoms with Gasteiger partial charge in [-0.25, -0.2) is 8.42 Å². The third-order valence-corrected chi connectivity index (χ3v) is 7.30. The smallest absolute Gasteiger partial charge is 0.328 e. The first-order valence-corrected chi connectivity index (χ1v) is 10.4. The highest BCUT2D eigenvalue weighted by Crippen LogP contribution is 2.64. The minimum atomic E-state index is -3.94. The van der Waals surface area contributed by atoms with E-state index in [2.05, 4.69) is 0 Å². The molecule has 0 aromatic heterocycles. The Labute approximate surface area is 163 Å². The van der Waals surface area contributed by atoms with E-state index in [9.17, 15) is 18.5 Å². The molecule has 3 atom stereocenters. The minimum Gasteiger partial charge on any atom is -0.465 e. The van der Waals surface area contributed by atoms with Gasteiger partial charge in [0.15, 0.2) is 15.3 Å². The van der Waals surface area contributed by atoms with Gasteiger partial charge in [0.2, 0.25) is 0 Å². The summed E-state index contributed by atoms with van der Waals surface area (Å²) in [4.78, 5) is 12.7. The van der Waals surface area contributed by atoms with Crippen molar-refractivity contribution in [2.75, 3.05) is 6.61 Å². The number of rotatable bonds is 5. The Balaban J connectivity index is 2.14. The molecule has 5 nitrogen and oxygen atoms in total. The van der Waals surface area contributed by atoms with E-state index in [0.717, 1.165) is 5.56 Å². The molecule has 2 aromatic carbocycles. The number of ether oxygens (including phenoxy) is 1. The van der Waals surface area contributed by atoms with Crippen LogP contribution in [0.4, 0.5) is 0 Å². The zero-order chi connectivity index (χ0) is 19.8. The second-order valence-electron chi connectivity index (χ2n) is 6.51. The summed E-state index contributed by atoms with van der Waals surface area (Å²) in [6, 6.07) is 14.9. The van der Waals surface area contributed by atoms with Gasteiger partial charge < -0.3 is 4.74 Å². The number of aryl methyl sites for hydroxylation is 1. The van der Waals surface area contributed by atoms with Crippen molar-refractivity contribution < 1.29 is 17.9 Å². The first kappa shape index (κ1) is 19.4. The Morgan fingerprint density at radius 1 is 1.26 bits per heavy atom. The zero-order valence-corrected chi connectivity index (χ0v) is 16.4. The van der Waals surface area contributed by atoms with E-state index < -0.39 is 32.4 Å². The van der Waals surface area contributed by atoms with Crippen molar-refractivity contribution in [1.82, 2.24) is 0 Å². The molecule has 1 aliphatic carbocycles. The molecular weight excluding hydrogens is 386 g/mol. The van der Waals surface area contributed by atoms with Gasteiger partial charge in [0.25, 0.3) is 0 Å². The summed E-state index contributed by atoms with van der Waals surface area (Å²) in [7, 11) is -3.94. The number of sulfone groups is 1. The number of carbonyl (C=O) groups is 1. The Morgan fingerprint density at radius 3 is 2.48 bits per heavy atom. The van der Waals surface area contributed by atoms with E-state index in [1.54, 1.807) is 43.3 Å². The van der Waals surface area contributed by atoms with Gasteiger partial charge in [-0.15, -0.1) is 0 Å². The number of hydrogen-bond acceptors (Lipinski definition) is 5. The maximum atomic E-state index is 13.3. The van der Waals surface area contributed by atoms with Crippen LogP contribution in [0.1, 0.15) is 24.0 Å². The van der Waals surface area contributed by atoms with Gasteiger partial charge in [-0.3, -0.25) is 4.79 Å². The van der Waals surface area contributed by atoms with Gasteiger partial charge in [0.05, 0.1) is 17.6 Å². The Kier molecular flexibility index (Phi) is 5.02. The highest BCUT2D eigenvalue weighted by Gasteiger charge is 2.77. The first-order chi connectivity index (χ1) is 12.8. The van der Waals surface area contributed by atoms with Gasteiger partial charge in [-0.2, -0.15) is 5.26 Å². The van der Waals surface area contributed by atoms with E-state index in [-0.39, 0.29) is 11.5 Å². The molecule has 1 fully saturated rings. The van der Waals surface area contributed by atoms with Crippen LogP contribution in [0.3, 0.4) is 0 Å². The van der Waals surface area contributed by atoms with Crippen LogP contribution < -0.4 is 0 Å². The van der Waals surface area contributed by atoms with Crippen LogP contribution in [0.5, 0.6) is 0 Å². The van der Waals surface area contributed by atoms with E-state index in [1.807, 2.05) is 13.0 Å². The van der Waals surface area contributed by atoms with Crippen molar-refractivity contribution in [2.24, 2.45) is 5.41 Å². The first-order valence-electron chi connectivity index (χ1n) is 8.43. The van der Waals surface area contributed by atoms with Gasteiger partial charge >= 0.3 is 5.97 Å². The number of nitrogens with zero attached hydrogens (tertiary/aromatic N) is 1. The van der Waals surface area contributed by atoms with Crippen LogP contribution in [0.2, 0.25) is 5.02 Å².